The van der Waals surface area contributed by atoms with Crippen LogP contribution in [0.1, 0.15) is 110 Å². The Balaban J connectivity index is 0.00000102. The zero-order chi connectivity index (χ0) is 49.5. The summed E-state index contributed by atoms with van der Waals surface area (Å²) in [6.07, 6.45) is 13.8. The summed E-state index contributed by atoms with van der Waals surface area (Å²) in [7, 11) is -5.78. The molecule has 0 bridgehead atoms. The Labute approximate surface area is 391 Å². The maximum Gasteiger partial charge on any atom is 0.471 e. The molecule has 7 amide bonds. The highest BCUT2D eigenvalue weighted by Gasteiger charge is 2.33. The Bertz CT molecular complexity index is 1700. The van der Waals surface area contributed by atoms with E-state index in [0.29, 0.717) is 76.2 Å². The van der Waals surface area contributed by atoms with E-state index in [4.69, 9.17) is 30.0 Å². The molecular formula is C41H71N5O19P2. The number of hydrogen-bond acceptors (Lipinski definition) is 18. The number of aliphatic hydroxyl groups excluding tert-OH is 2. The van der Waals surface area contributed by atoms with Crippen LogP contribution in [0, 0.1) is 11.8 Å². The summed E-state index contributed by atoms with van der Waals surface area (Å²) < 4.78 is 40.1. The number of nitrogens with zero attached hydrogens (tertiary/aromatic N) is 3. The van der Waals surface area contributed by atoms with Crippen LogP contribution in [0.25, 0.3) is 0 Å². The van der Waals surface area contributed by atoms with Crippen LogP contribution in [0.5, 0.6) is 0 Å². The molecule has 0 radical (unpaired) electrons. The molecule has 0 saturated carbocycles. The number of hydroxylamine groups is 2. The number of phosphoric ester groups is 2. The average Bonchev–Trinajstić information content (AvgIpc) is 3.91. The third-order valence-electron chi connectivity index (χ3n) is 9.90. The van der Waals surface area contributed by atoms with Crippen molar-refractivity contribution in [3.05, 3.63) is 24.3 Å². The van der Waals surface area contributed by atoms with Crippen molar-refractivity contribution in [3.8, 4) is 0 Å². The van der Waals surface area contributed by atoms with Crippen LogP contribution in [0.3, 0.4) is 0 Å². The minimum atomic E-state index is -4.03. The summed E-state index contributed by atoms with van der Waals surface area (Å²) in [6.45, 7) is 1.50. The standard InChI is InChI=1S/C18H31N2O8P.C14H16N2O6.C8H20NO5P.CH4/c1-27-29(25,26)28-14-15(13-21)7-4-5-11-19-16(22)8-3-2-6-12-20-17(23)9-10-18(20)24;17-10-5-6-11(18)15(10)9-3-1-2-4-14(21)22-16-12(19)7-8-13(16)20;1-13-15(11,12)14-7-8(6-10)4-2-3-5-9;/h9-10,15,21H,2-8,11-14H2,1H3,(H,19,22)(H,25,26);5-6H,1-4,7-9H2;8,10H,2-7,9H2,1H3,(H,11,12);1H4. The van der Waals surface area contributed by atoms with Gasteiger partial charge in [-0.25, -0.2) is 13.9 Å². The Morgan fingerprint density at radius 2 is 1.07 bits per heavy atom. The highest BCUT2D eigenvalue weighted by Crippen LogP contribution is 2.43. The second-order valence-corrected chi connectivity index (χ2v) is 18.2. The van der Waals surface area contributed by atoms with Gasteiger partial charge in [-0.05, 0) is 57.9 Å². The lowest BCUT2D eigenvalue weighted by Crippen LogP contribution is -2.32. The second kappa shape index (κ2) is 35.1. The van der Waals surface area contributed by atoms with Crippen molar-refractivity contribution < 1.29 is 90.4 Å². The number of nitrogens with two attached hydrogens (primary N) is 1. The van der Waals surface area contributed by atoms with Crippen LogP contribution in [-0.2, 0) is 70.4 Å². The molecule has 67 heavy (non-hydrogen) atoms. The Morgan fingerprint density at radius 3 is 1.48 bits per heavy atom. The summed E-state index contributed by atoms with van der Waals surface area (Å²) in [5, 5.41) is 21.6. The van der Waals surface area contributed by atoms with Crippen LogP contribution in [-0.4, -0.2) is 149 Å². The third-order valence-corrected chi connectivity index (χ3v) is 11.8. The largest absolute Gasteiger partial charge is 0.471 e. The number of amides is 7. The zero-order valence-corrected chi connectivity index (χ0v) is 39.4. The first-order valence-electron chi connectivity index (χ1n) is 21.7. The summed E-state index contributed by atoms with van der Waals surface area (Å²) in [5.74, 6) is -3.33. The fourth-order valence-electron chi connectivity index (χ4n) is 5.97. The molecule has 3 rings (SSSR count). The number of aliphatic hydroxyl groups is 2. The van der Waals surface area contributed by atoms with Gasteiger partial charge < -0.3 is 35.9 Å². The fourth-order valence-corrected chi connectivity index (χ4v) is 6.98. The summed E-state index contributed by atoms with van der Waals surface area (Å²) >= 11 is 0. The smallest absolute Gasteiger partial charge is 0.396 e. The van der Waals surface area contributed by atoms with Gasteiger partial charge in [0.15, 0.2) is 0 Å². The number of unbranched alkanes of at least 4 members (excludes halogenated alkanes) is 6. The molecule has 0 aliphatic carbocycles. The van der Waals surface area contributed by atoms with Gasteiger partial charge in [0.1, 0.15) is 0 Å². The van der Waals surface area contributed by atoms with E-state index in [0.717, 1.165) is 57.6 Å². The van der Waals surface area contributed by atoms with Gasteiger partial charge in [-0.15, -0.1) is 5.06 Å². The minimum Gasteiger partial charge on any atom is -0.396 e. The normalized spacial score (nSPS) is 17.0. The SMILES string of the molecule is C.COP(=O)(O)OCC(CO)CCCCN.COP(=O)(O)OCC(CO)CCCCNC(=O)CCCCCN1C(=O)C=CC1=O.O=C(CCCCCN1C(=O)C=CC1=O)ON1C(=O)CCC1=O. The average molecular weight is 1000 g/mol. The molecule has 384 valence electrons. The highest BCUT2D eigenvalue weighted by molar-refractivity contribution is 7.47. The lowest BCUT2D eigenvalue weighted by Gasteiger charge is -2.16. The van der Waals surface area contributed by atoms with Gasteiger partial charge in [-0.2, -0.15) is 0 Å². The Kier molecular flexibility index (Phi) is 33.0. The van der Waals surface area contributed by atoms with E-state index in [-0.39, 0.29) is 94.5 Å². The van der Waals surface area contributed by atoms with Gasteiger partial charge in [0.25, 0.3) is 35.4 Å². The molecular weight excluding hydrogens is 928 g/mol. The molecule has 0 aromatic carbocycles. The summed E-state index contributed by atoms with van der Waals surface area (Å²) in [5.41, 5.74) is 5.32. The summed E-state index contributed by atoms with van der Waals surface area (Å²) in [6, 6.07) is 0. The van der Waals surface area contributed by atoms with Gasteiger partial charge in [0, 0.05) is 109 Å². The topological polar surface area (TPSA) is 346 Å². The number of carbonyl (C=O) groups excluding carboxylic acids is 8. The first kappa shape index (κ1) is 62.9. The first-order chi connectivity index (χ1) is 31.3. The van der Waals surface area contributed by atoms with Crippen molar-refractivity contribution >= 4 is 63.0 Å². The molecule has 3 aliphatic rings. The van der Waals surface area contributed by atoms with Crippen LogP contribution >= 0.6 is 15.6 Å². The number of hydrogen-bond donors (Lipinski definition) is 6. The highest BCUT2D eigenvalue weighted by atomic mass is 31.2. The van der Waals surface area contributed by atoms with Crippen molar-refractivity contribution in [3.63, 3.8) is 0 Å². The van der Waals surface area contributed by atoms with Gasteiger partial charge in [0.2, 0.25) is 5.91 Å². The first-order valence-corrected chi connectivity index (χ1v) is 24.7. The molecule has 0 aromatic rings. The van der Waals surface area contributed by atoms with E-state index in [1.54, 1.807) is 0 Å². The molecule has 4 unspecified atom stereocenters. The van der Waals surface area contributed by atoms with Crippen LogP contribution in [0.15, 0.2) is 24.3 Å². The van der Waals surface area contributed by atoms with Crippen molar-refractivity contribution in [2.24, 2.45) is 17.6 Å². The third kappa shape index (κ3) is 27.5. The van der Waals surface area contributed by atoms with Gasteiger partial charge in [0.05, 0.1) is 13.2 Å². The molecule has 7 N–H and O–H groups in total. The number of carbonyl (C=O) groups is 8. The quantitative estimate of drug-likeness (QED) is 0.0320. The number of phosphoric acid groups is 2. The molecule has 1 saturated heterocycles. The van der Waals surface area contributed by atoms with E-state index in [1.165, 1.54) is 29.2 Å². The molecule has 3 heterocycles. The zero-order valence-electron chi connectivity index (χ0n) is 37.7. The predicted octanol–water partition coefficient (Wildman–Crippen LogP) is 2.33. The van der Waals surface area contributed by atoms with Crippen molar-refractivity contribution in [1.82, 2.24) is 20.2 Å². The maximum absolute atomic E-state index is 11.8. The molecule has 0 spiro atoms. The van der Waals surface area contributed by atoms with Crippen LogP contribution < -0.4 is 11.1 Å². The van der Waals surface area contributed by atoms with Crippen molar-refractivity contribution in [1.29, 1.82) is 0 Å². The van der Waals surface area contributed by atoms with E-state index in [1.807, 2.05) is 0 Å². The van der Waals surface area contributed by atoms with E-state index in [9.17, 15) is 52.6 Å². The van der Waals surface area contributed by atoms with Crippen molar-refractivity contribution in [2.75, 3.05) is 66.8 Å². The van der Waals surface area contributed by atoms with E-state index >= 15 is 0 Å². The maximum atomic E-state index is 11.8. The number of imide groups is 3. The predicted molar refractivity (Wildman–Crippen MR) is 239 cm³/mol. The second-order valence-electron chi connectivity index (χ2n) is 15.1. The van der Waals surface area contributed by atoms with Crippen molar-refractivity contribution in [2.45, 2.75) is 110 Å². The minimum absolute atomic E-state index is 0. The fraction of sp³-hybridized carbons (Fsp3) is 0.707. The molecule has 3 aliphatic heterocycles. The van der Waals surface area contributed by atoms with Crippen LogP contribution in [0.2, 0.25) is 0 Å². The lowest BCUT2D eigenvalue weighted by atomic mass is 10.0. The van der Waals surface area contributed by atoms with Gasteiger partial charge >= 0.3 is 21.6 Å². The van der Waals surface area contributed by atoms with Crippen LogP contribution in [0.4, 0.5) is 0 Å². The molecule has 26 heteroatoms. The Morgan fingerprint density at radius 1 is 0.657 bits per heavy atom. The molecule has 1 fully saturated rings. The Hall–Kier alpha value is -4.06. The number of rotatable bonds is 32. The van der Waals surface area contributed by atoms with Gasteiger partial charge in [-0.1, -0.05) is 33.1 Å². The van der Waals surface area contributed by atoms with E-state index < -0.39 is 33.4 Å². The van der Waals surface area contributed by atoms with E-state index in [2.05, 4.69) is 18.9 Å². The number of nitrogens with one attached hydrogen (secondary N) is 1. The molecule has 4 atom stereocenters. The summed E-state index contributed by atoms with van der Waals surface area (Å²) in [4.78, 5) is 116. The lowest BCUT2D eigenvalue weighted by molar-refractivity contribution is -0.197. The molecule has 0 aromatic heterocycles. The monoisotopic (exact) mass is 999 g/mol. The van der Waals surface area contributed by atoms with Gasteiger partial charge in [-0.3, -0.25) is 61.5 Å². The molecule has 24 nitrogen and oxygen atoms in total.